The molecule has 1 atom stereocenters. The summed E-state index contributed by atoms with van der Waals surface area (Å²) in [5, 5.41) is 0. The van der Waals surface area contributed by atoms with Crippen molar-refractivity contribution < 1.29 is 32.2 Å². The highest BCUT2D eigenvalue weighted by molar-refractivity contribution is 6.00. The van der Waals surface area contributed by atoms with Crippen LogP contribution in [-0.4, -0.2) is 41.1 Å². The average molecular weight is 385 g/mol. The lowest BCUT2D eigenvalue weighted by Crippen LogP contribution is -2.56. The first kappa shape index (κ1) is 19.5. The number of fused-ring (bicyclic) bond motifs is 1. The molecule has 1 fully saturated rings. The van der Waals surface area contributed by atoms with Gasteiger partial charge in [0, 0.05) is 6.54 Å². The molecule has 2 heterocycles. The summed E-state index contributed by atoms with van der Waals surface area (Å²) in [5.41, 5.74) is -2.42. The first-order valence-corrected chi connectivity index (χ1v) is 8.80. The lowest BCUT2D eigenvalue weighted by Gasteiger charge is -2.44. The van der Waals surface area contributed by atoms with Crippen LogP contribution < -0.4 is 4.74 Å². The highest BCUT2D eigenvalue weighted by Crippen LogP contribution is 2.41. The highest BCUT2D eigenvalue weighted by atomic mass is 19.4. The van der Waals surface area contributed by atoms with Gasteiger partial charge in [-0.2, -0.15) is 13.2 Å². The number of rotatable bonds is 0. The molecule has 0 aromatic heterocycles. The fourth-order valence-electron chi connectivity index (χ4n) is 3.48. The largest absolute Gasteiger partial charge is 0.484 e. The second kappa shape index (κ2) is 6.42. The fraction of sp³-hybridized carbons (Fsp3) is 0.579. The summed E-state index contributed by atoms with van der Waals surface area (Å²) in [6.45, 7) is 5.80. The number of amides is 1. The van der Waals surface area contributed by atoms with E-state index >= 15 is 0 Å². The van der Waals surface area contributed by atoms with Gasteiger partial charge in [-0.15, -0.1) is 0 Å². The quantitative estimate of drug-likeness (QED) is 0.663. The Hall–Kier alpha value is -2.25. The van der Waals surface area contributed by atoms with Crippen molar-refractivity contribution >= 4 is 11.9 Å². The minimum Gasteiger partial charge on any atom is -0.484 e. The summed E-state index contributed by atoms with van der Waals surface area (Å²) in [6.07, 6.45) is -3.98. The van der Waals surface area contributed by atoms with Crippen molar-refractivity contribution in [1.82, 2.24) is 4.90 Å². The molecule has 0 N–H and O–H groups in total. The third kappa shape index (κ3) is 4.20. The molecular formula is C19H22F3NO4. The number of halogens is 3. The number of ketones is 1. The summed E-state index contributed by atoms with van der Waals surface area (Å²) >= 11 is 0. The van der Waals surface area contributed by atoms with Crippen molar-refractivity contribution in [3.05, 3.63) is 29.3 Å². The van der Waals surface area contributed by atoms with E-state index in [4.69, 9.17) is 9.47 Å². The molecular weight excluding hydrogens is 363 g/mol. The zero-order valence-corrected chi connectivity index (χ0v) is 15.5. The van der Waals surface area contributed by atoms with Crippen LogP contribution >= 0.6 is 0 Å². The zero-order chi connectivity index (χ0) is 20.0. The van der Waals surface area contributed by atoms with Crippen LogP contribution in [0.1, 0.15) is 56.0 Å². The first-order chi connectivity index (χ1) is 12.4. The van der Waals surface area contributed by atoms with E-state index in [1.54, 1.807) is 20.8 Å². The first-order valence-electron chi connectivity index (χ1n) is 8.80. The van der Waals surface area contributed by atoms with Crippen molar-refractivity contribution in [2.75, 3.05) is 13.1 Å². The predicted molar refractivity (Wildman–Crippen MR) is 90.8 cm³/mol. The molecule has 1 aromatic rings. The van der Waals surface area contributed by atoms with Gasteiger partial charge in [-0.1, -0.05) is 0 Å². The van der Waals surface area contributed by atoms with Crippen molar-refractivity contribution in [3.63, 3.8) is 0 Å². The number of Topliss-reactive ketones (excluding diaryl/α,β-unsaturated/α-hetero) is 1. The number of alkyl halides is 3. The van der Waals surface area contributed by atoms with E-state index in [2.05, 4.69) is 0 Å². The normalized spacial score (nSPS) is 23.0. The topological polar surface area (TPSA) is 55.8 Å². The van der Waals surface area contributed by atoms with E-state index in [1.807, 2.05) is 0 Å². The Morgan fingerprint density at radius 2 is 1.96 bits per heavy atom. The highest BCUT2D eigenvalue weighted by Gasteiger charge is 2.46. The van der Waals surface area contributed by atoms with Gasteiger partial charge in [0.1, 0.15) is 17.0 Å². The molecule has 5 nitrogen and oxygen atoms in total. The number of hydrogen-bond donors (Lipinski definition) is 0. The van der Waals surface area contributed by atoms with Crippen LogP contribution in [0.25, 0.3) is 0 Å². The maximum atomic E-state index is 13.0. The van der Waals surface area contributed by atoms with Crippen LogP contribution in [0.4, 0.5) is 18.0 Å². The second-order valence-corrected chi connectivity index (χ2v) is 8.10. The maximum absolute atomic E-state index is 13.0. The van der Waals surface area contributed by atoms with E-state index in [0.29, 0.717) is 19.4 Å². The third-order valence-electron chi connectivity index (χ3n) is 4.61. The van der Waals surface area contributed by atoms with E-state index in [1.165, 1.54) is 4.90 Å². The van der Waals surface area contributed by atoms with Crippen LogP contribution in [0, 0.1) is 0 Å². The number of benzene rings is 1. The maximum Gasteiger partial charge on any atom is 0.416 e. The molecule has 0 aliphatic carbocycles. The monoisotopic (exact) mass is 385 g/mol. The number of nitrogens with zero attached hydrogens (tertiary/aromatic N) is 1. The van der Waals surface area contributed by atoms with Gasteiger partial charge in [-0.05, 0) is 51.8 Å². The van der Waals surface area contributed by atoms with Gasteiger partial charge in [-0.3, -0.25) is 4.79 Å². The van der Waals surface area contributed by atoms with Crippen LogP contribution in [0.5, 0.6) is 5.75 Å². The van der Waals surface area contributed by atoms with Gasteiger partial charge in [-0.25, -0.2) is 4.79 Å². The Morgan fingerprint density at radius 3 is 2.59 bits per heavy atom. The van der Waals surface area contributed by atoms with Crippen molar-refractivity contribution in [2.45, 2.75) is 57.4 Å². The summed E-state index contributed by atoms with van der Waals surface area (Å²) in [5.74, 6) is -0.358. The Labute approximate surface area is 155 Å². The zero-order valence-electron chi connectivity index (χ0n) is 15.5. The Bertz CT molecular complexity index is 769. The molecule has 1 spiro atoms. The smallest absolute Gasteiger partial charge is 0.416 e. The molecule has 0 saturated carbocycles. The van der Waals surface area contributed by atoms with Crippen LogP contribution in [0.3, 0.4) is 0 Å². The van der Waals surface area contributed by atoms with Gasteiger partial charge < -0.3 is 14.4 Å². The Kier molecular flexibility index (Phi) is 4.64. The minimum absolute atomic E-state index is 0.0185. The fourth-order valence-corrected chi connectivity index (χ4v) is 3.48. The molecule has 0 radical (unpaired) electrons. The van der Waals surface area contributed by atoms with Gasteiger partial charge in [0.05, 0.1) is 24.1 Å². The Morgan fingerprint density at radius 1 is 1.26 bits per heavy atom. The molecule has 148 valence electrons. The van der Waals surface area contributed by atoms with Gasteiger partial charge in [0.15, 0.2) is 5.78 Å². The van der Waals surface area contributed by atoms with E-state index in [9.17, 15) is 22.8 Å². The van der Waals surface area contributed by atoms with Crippen LogP contribution in [-0.2, 0) is 10.9 Å². The molecule has 3 rings (SSSR count). The molecule has 1 amide bonds. The van der Waals surface area contributed by atoms with E-state index < -0.39 is 29.0 Å². The Balaban J connectivity index is 1.85. The SMILES string of the molecule is CC(C)(C)OC(=O)N1CCCC2(CC(=O)c3ccc(C(F)(F)F)cc3O2)C1. The minimum atomic E-state index is -4.53. The van der Waals surface area contributed by atoms with Crippen molar-refractivity contribution in [2.24, 2.45) is 0 Å². The van der Waals surface area contributed by atoms with Crippen molar-refractivity contribution in [3.8, 4) is 5.75 Å². The average Bonchev–Trinajstić information content (AvgIpc) is 2.51. The molecule has 2 aliphatic rings. The molecule has 27 heavy (non-hydrogen) atoms. The summed E-state index contributed by atoms with van der Waals surface area (Å²) in [7, 11) is 0. The molecule has 1 aromatic carbocycles. The predicted octanol–water partition coefficient (Wildman–Crippen LogP) is 4.44. The number of likely N-dealkylation sites (tertiary alicyclic amines) is 1. The molecule has 1 unspecified atom stereocenters. The summed E-state index contributed by atoms with van der Waals surface area (Å²) in [4.78, 5) is 26.4. The van der Waals surface area contributed by atoms with E-state index in [-0.39, 0.29) is 30.1 Å². The standard InChI is InChI=1S/C19H22F3NO4/c1-17(2,3)27-16(25)23-8-4-7-18(11-23)10-14(24)13-6-5-12(19(20,21)22)9-15(13)26-18/h5-6,9H,4,7-8,10-11H2,1-3H3. The summed E-state index contributed by atoms with van der Waals surface area (Å²) < 4.78 is 50.3. The lowest BCUT2D eigenvalue weighted by molar-refractivity contribution is -0.137. The van der Waals surface area contributed by atoms with Crippen LogP contribution in [0.2, 0.25) is 0 Å². The number of ether oxygens (including phenoxy) is 2. The number of carbonyl (C=O) groups excluding carboxylic acids is 2. The molecule has 1 saturated heterocycles. The second-order valence-electron chi connectivity index (χ2n) is 8.10. The van der Waals surface area contributed by atoms with Gasteiger partial charge in [0.25, 0.3) is 0 Å². The molecule has 0 bridgehead atoms. The number of carbonyl (C=O) groups is 2. The molecule has 8 heteroatoms. The number of piperidine rings is 1. The molecule has 2 aliphatic heterocycles. The number of hydrogen-bond acceptors (Lipinski definition) is 4. The lowest BCUT2D eigenvalue weighted by atomic mass is 9.83. The van der Waals surface area contributed by atoms with Gasteiger partial charge >= 0.3 is 12.3 Å². The van der Waals surface area contributed by atoms with Gasteiger partial charge in [0.2, 0.25) is 0 Å². The summed E-state index contributed by atoms with van der Waals surface area (Å²) in [6, 6.07) is 2.90. The third-order valence-corrected chi connectivity index (χ3v) is 4.61. The van der Waals surface area contributed by atoms with Crippen LogP contribution in [0.15, 0.2) is 18.2 Å². The van der Waals surface area contributed by atoms with E-state index in [0.717, 1.165) is 18.2 Å². The van der Waals surface area contributed by atoms with Crippen molar-refractivity contribution in [1.29, 1.82) is 0 Å².